The SMILES string of the molecule is C=C=CCOc1ccc(CC2NC(=O)C(CC(C)C)N(C)C(=O)C(Cc3ccc(OCC=C=C)cc3)NC(=O)C(CC(C)C)N(C)C2=O)cc1. The molecule has 10 nitrogen and oxygen atoms in total. The summed E-state index contributed by atoms with van der Waals surface area (Å²) >= 11 is 0. The Morgan fingerprint density at radius 2 is 1.00 bits per heavy atom. The van der Waals surface area contributed by atoms with Gasteiger partial charge >= 0.3 is 0 Å². The fraction of sp³-hybridized carbons (Fsp3) is 0.450. The van der Waals surface area contributed by atoms with Gasteiger partial charge in [0, 0.05) is 26.9 Å². The Labute approximate surface area is 296 Å². The average molecular weight is 685 g/mol. The molecular weight excluding hydrogens is 632 g/mol. The molecule has 0 radical (unpaired) electrons. The van der Waals surface area contributed by atoms with Gasteiger partial charge in [0.15, 0.2) is 0 Å². The van der Waals surface area contributed by atoms with Gasteiger partial charge in [-0.25, -0.2) is 0 Å². The number of rotatable bonds is 14. The van der Waals surface area contributed by atoms with Crippen molar-refractivity contribution in [2.75, 3.05) is 27.3 Å². The number of hydrogen-bond donors (Lipinski definition) is 2. The number of nitrogens with one attached hydrogen (secondary N) is 2. The van der Waals surface area contributed by atoms with Crippen molar-refractivity contribution in [3.63, 3.8) is 0 Å². The van der Waals surface area contributed by atoms with Crippen LogP contribution in [-0.4, -0.2) is 84.9 Å². The second-order valence-electron chi connectivity index (χ2n) is 13.4. The summed E-state index contributed by atoms with van der Waals surface area (Å²) in [4.78, 5) is 59.5. The lowest BCUT2D eigenvalue weighted by molar-refractivity contribution is -0.148. The molecule has 2 aromatic rings. The molecule has 0 spiro atoms. The highest BCUT2D eigenvalue weighted by atomic mass is 16.5. The molecule has 3 rings (SSSR count). The van der Waals surface area contributed by atoms with E-state index in [2.05, 4.69) is 35.3 Å². The van der Waals surface area contributed by atoms with E-state index in [0.29, 0.717) is 37.6 Å². The number of ether oxygens (including phenoxy) is 2. The predicted octanol–water partition coefficient (Wildman–Crippen LogP) is 4.64. The first-order valence-corrected chi connectivity index (χ1v) is 17.1. The van der Waals surface area contributed by atoms with Crippen LogP contribution in [-0.2, 0) is 32.0 Å². The molecule has 268 valence electrons. The summed E-state index contributed by atoms with van der Waals surface area (Å²) < 4.78 is 11.3. The monoisotopic (exact) mass is 684 g/mol. The highest BCUT2D eigenvalue weighted by Crippen LogP contribution is 2.21. The third-order valence-electron chi connectivity index (χ3n) is 8.54. The fourth-order valence-corrected chi connectivity index (χ4v) is 5.82. The standard InChI is InChI=1S/C40H52N4O6/c1-9-11-21-49-31-17-13-29(14-18-31)25-33-39(47)43(7)36(24-28(5)6)38(46)42-34(26-30-15-19-32(20-16-30)50-22-12-10-2)40(48)44(8)35(23-27(3)4)37(45)41-33/h11-20,27-28,33-36H,1-2,21-26H2,3-8H3,(H,41,45)(H,42,46). The topological polar surface area (TPSA) is 117 Å². The highest BCUT2D eigenvalue weighted by molar-refractivity contribution is 5.97. The van der Waals surface area contributed by atoms with Crippen molar-refractivity contribution in [2.24, 2.45) is 11.8 Å². The Kier molecular flexibility index (Phi) is 15.1. The third-order valence-corrected chi connectivity index (χ3v) is 8.54. The minimum atomic E-state index is -0.985. The Bertz CT molecular complexity index is 1440. The van der Waals surface area contributed by atoms with Gasteiger partial charge in [-0.3, -0.25) is 19.2 Å². The molecule has 4 atom stereocenters. The molecule has 1 aliphatic rings. The Hall–Kier alpha value is -5.04. The summed E-state index contributed by atoms with van der Waals surface area (Å²) in [6, 6.07) is 10.8. The predicted molar refractivity (Wildman–Crippen MR) is 195 cm³/mol. The maximum absolute atomic E-state index is 14.3. The number of amides is 4. The molecule has 0 saturated carbocycles. The van der Waals surface area contributed by atoms with Crippen molar-refractivity contribution in [3.8, 4) is 11.5 Å². The van der Waals surface area contributed by atoms with Gasteiger partial charge in [-0.1, -0.05) is 65.1 Å². The smallest absolute Gasteiger partial charge is 0.245 e. The van der Waals surface area contributed by atoms with Crippen LogP contribution in [0.4, 0.5) is 0 Å². The van der Waals surface area contributed by atoms with Crippen LogP contribution in [0.5, 0.6) is 11.5 Å². The quantitative estimate of drug-likeness (QED) is 0.280. The number of nitrogens with zero attached hydrogens (tertiary/aromatic N) is 2. The lowest BCUT2D eigenvalue weighted by atomic mass is 9.96. The van der Waals surface area contributed by atoms with E-state index in [1.807, 2.05) is 52.0 Å². The van der Waals surface area contributed by atoms with Crippen molar-refractivity contribution in [3.05, 3.63) is 96.4 Å². The summed E-state index contributed by atoms with van der Waals surface area (Å²) in [7, 11) is 3.16. The molecule has 0 aliphatic carbocycles. The van der Waals surface area contributed by atoms with Crippen LogP contribution in [0.3, 0.4) is 0 Å². The highest BCUT2D eigenvalue weighted by Gasteiger charge is 2.39. The second kappa shape index (κ2) is 19.2. The molecule has 0 aromatic heterocycles. The van der Waals surface area contributed by atoms with Crippen LogP contribution >= 0.6 is 0 Å². The second-order valence-corrected chi connectivity index (χ2v) is 13.4. The zero-order valence-electron chi connectivity index (χ0n) is 30.2. The average Bonchev–Trinajstić information content (AvgIpc) is 3.08. The summed E-state index contributed by atoms with van der Waals surface area (Å²) in [6.45, 7) is 15.6. The van der Waals surface area contributed by atoms with E-state index in [4.69, 9.17) is 9.47 Å². The normalized spacial score (nSPS) is 20.2. The molecule has 0 bridgehead atoms. The first kappa shape index (κ1) is 39.4. The lowest BCUT2D eigenvalue weighted by Gasteiger charge is -2.37. The Balaban J connectivity index is 1.99. The molecule has 4 amide bonds. The van der Waals surface area contributed by atoms with E-state index in [1.54, 1.807) is 50.5 Å². The van der Waals surface area contributed by atoms with E-state index in [1.165, 1.54) is 9.80 Å². The number of carbonyl (C=O) groups excluding carboxylic acids is 4. The molecule has 4 unspecified atom stereocenters. The third kappa shape index (κ3) is 11.5. The van der Waals surface area contributed by atoms with Crippen molar-refractivity contribution >= 4 is 23.6 Å². The zero-order valence-corrected chi connectivity index (χ0v) is 30.2. The Morgan fingerprint density at radius 3 is 1.30 bits per heavy atom. The number of carbonyl (C=O) groups is 4. The molecule has 1 aliphatic heterocycles. The zero-order chi connectivity index (χ0) is 36.8. The first-order chi connectivity index (χ1) is 23.8. The van der Waals surface area contributed by atoms with Crippen LogP contribution in [0, 0.1) is 11.8 Å². The number of hydrogen-bond acceptors (Lipinski definition) is 6. The first-order valence-electron chi connectivity index (χ1n) is 17.1. The minimum absolute atomic E-state index is 0.0566. The van der Waals surface area contributed by atoms with Gasteiger partial charge in [0.05, 0.1) is 0 Å². The summed E-state index contributed by atoms with van der Waals surface area (Å²) in [5, 5.41) is 5.95. The van der Waals surface area contributed by atoms with E-state index in [-0.39, 0.29) is 24.7 Å². The largest absolute Gasteiger partial charge is 0.489 e. The molecule has 50 heavy (non-hydrogen) atoms. The van der Waals surface area contributed by atoms with Crippen LogP contribution < -0.4 is 20.1 Å². The molecule has 2 aromatic carbocycles. The molecule has 1 saturated heterocycles. The Morgan fingerprint density at radius 1 is 0.660 bits per heavy atom. The summed E-state index contributed by atoms with van der Waals surface area (Å²) in [6.07, 6.45) is 4.41. The van der Waals surface area contributed by atoms with Crippen molar-refractivity contribution < 1.29 is 28.7 Å². The van der Waals surface area contributed by atoms with E-state index in [0.717, 1.165) is 11.1 Å². The summed E-state index contributed by atoms with van der Waals surface area (Å²) in [5.41, 5.74) is 6.91. The van der Waals surface area contributed by atoms with Crippen molar-refractivity contribution in [2.45, 2.75) is 77.5 Å². The van der Waals surface area contributed by atoms with Crippen molar-refractivity contribution in [1.82, 2.24) is 20.4 Å². The van der Waals surface area contributed by atoms with Gasteiger partial charge in [0.2, 0.25) is 23.6 Å². The maximum atomic E-state index is 14.3. The van der Waals surface area contributed by atoms with Crippen LogP contribution in [0.25, 0.3) is 0 Å². The van der Waals surface area contributed by atoms with Crippen LogP contribution in [0.1, 0.15) is 51.7 Å². The molecular formula is C40H52N4O6. The van der Waals surface area contributed by atoms with Gasteiger partial charge in [-0.15, -0.1) is 11.5 Å². The van der Waals surface area contributed by atoms with Gasteiger partial charge in [-0.2, -0.15) is 0 Å². The van der Waals surface area contributed by atoms with Crippen molar-refractivity contribution in [1.29, 1.82) is 0 Å². The van der Waals surface area contributed by atoms with Crippen LogP contribution in [0.15, 0.2) is 85.3 Å². The molecule has 2 N–H and O–H groups in total. The number of likely N-dealkylation sites (N-methyl/N-ethyl adjacent to an activating group) is 2. The van der Waals surface area contributed by atoms with Gasteiger partial charge in [0.25, 0.3) is 0 Å². The molecule has 1 heterocycles. The van der Waals surface area contributed by atoms with Crippen LogP contribution in [0.2, 0.25) is 0 Å². The fourth-order valence-electron chi connectivity index (χ4n) is 5.82. The van der Waals surface area contributed by atoms with Gasteiger partial charge < -0.3 is 29.9 Å². The van der Waals surface area contributed by atoms with E-state index in [9.17, 15) is 19.2 Å². The van der Waals surface area contributed by atoms with Gasteiger partial charge in [-0.05, 0) is 72.2 Å². The van der Waals surface area contributed by atoms with Gasteiger partial charge in [0.1, 0.15) is 48.9 Å². The maximum Gasteiger partial charge on any atom is 0.245 e. The summed E-state index contributed by atoms with van der Waals surface area (Å²) in [5.74, 6) is -0.271. The number of benzene rings is 2. The lowest BCUT2D eigenvalue weighted by Crippen LogP contribution is -2.62. The molecule has 1 fully saturated rings. The van der Waals surface area contributed by atoms with E-state index < -0.39 is 47.8 Å². The van der Waals surface area contributed by atoms with E-state index >= 15 is 0 Å². The molecule has 10 heteroatoms. The minimum Gasteiger partial charge on any atom is -0.489 e.